The van der Waals surface area contributed by atoms with Crippen LogP contribution in [0.1, 0.15) is 57.4 Å². The number of rotatable bonds is 5. The van der Waals surface area contributed by atoms with Crippen LogP contribution in [0.4, 0.5) is 17.6 Å². The molecule has 0 aromatic heterocycles. The monoisotopic (exact) mass is 355 g/mol. The molecule has 1 nitrogen and oxygen atoms in total. The third-order valence-corrected chi connectivity index (χ3v) is 4.58. The Labute approximate surface area is 147 Å². The van der Waals surface area contributed by atoms with Gasteiger partial charge in [0.05, 0.1) is 6.67 Å². The summed E-state index contributed by atoms with van der Waals surface area (Å²) in [6.07, 6.45) is 13.0. The van der Waals surface area contributed by atoms with E-state index in [1.807, 2.05) is 0 Å². The molecule has 25 heavy (non-hydrogen) atoms. The Balaban J connectivity index is 0.000000257. The molecule has 0 saturated heterocycles. The number of alkyl halides is 1. The third-order valence-electron chi connectivity index (χ3n) is 4.58. The first kappa shape index (κ1) is 21.2. The molecule has 0 heterocycles. The number of allylic oxidation sites excluding steroid dienone is 2. The fraction of sp³-hybridized carbons (Fsp3) is 0.550. The number of nitriles is 1. The zero-order valence-corrected chi connectivity index (χ0v) is 14.6. The average molecular weight is 355 g/mol. The van der Waals surface area contributed by atoms with Crippen molar-refractivity contribution in [2.45, 2.75) is 51.9 Å². The number of nitrogens with zero attached hydrogens (tertiary/aromatic N) is 1. The summed E-state index contributed by atoms with van der Waals surface area (Å²) in [5.74, 6) is -1.77. The van der Waals surface area contributed by atoms with Gasteiger partial charge in [0.1, 0.15) is 29.1 Å². The minimum Gasteiger partial charge on any atom is -0.251 e. The second-order valence-electron chi connectivity index (χ2n) is 6.37. The first-order chi connectivity index (χ1) is 12.0. The van der Waals surface area contributed by atoms with E-state index in [9.17, 15) is 17.6 Å². The molecule has 138 valence electrons. The molecule has 1 aliphatic rings. The van der Waals surface area contributed by atoms with Crippen molar-refractivity contribution in [1.29, 1.82) is 5.26 Å². The van der Waals surface area contributed by atoms with E-state index in [1.54, 1.807) is 0 Å². The topological polar surface area (TPSA) is 23.8 Å². The van der Waals surface area contributed by atoms with Crippen LogP contribution < -0.4 is 0 Å². The van der Waals surface area contributed by atoms with Gasteiger partial charge in [0.25, 0.3) is 0 Å². The zero-order chi connectivity index (χ0) is 18.7. The van der Waals surface area contributed by atoms with Crippen molar-refractivity contribution >= 4 is 0 Å². The molecule has 0 amide bonds. The molecule has 1 fully saturated rings. The van der Waals surface area contributed by atoms with E-state index in [1.165, 1.54) is 44.6 Å². The highest BCUT2D eigenvalue weighted by Gasteiger charge is 2.20. The Morgan fingerprint density at radius 3 is 2.00 bits per heavy atom. The van der Waals surface area contributed by atoms with Crippen molar-refractivity contribution < 1.29 is 17.6 Å². The molecule has 0 unspecified atom stereocenters. The van der Waals surface area contributed by atoms with E-state index >= 15 is 0 Å². The van der Waals surface area contributed by atoms with Crippen LogP contribution in [-0.4, -0.2) is 6.67 Å². The van der Waals surface area contributed by atoms with Crippen LogP contribution in [0, 0.1) is 40.6 Å². The molecular weight excluding hydrogens is 330 g/mol. The second kappa shape index (κ2) is 11.7. The fourth-order valence-corrected chi connectivity index (χ4v) is 3.11. The molecule has 1 saturated carbocycles. The van der Waals surface area contributed by atoms with Gasteiger partial charge in [-0.2, -0.15) is 5.26 Å². The summed E-state index contributed by atoms with van der Waals surface area (Å²) in [4.78, 5) is 0. The summed E-state index contributed by atoms with van der Waals surface area (Å²) in [5, 5.41) is 8.14. The van der Waals surface area contributed by atoms with Gasteiger partial charge in [0, 0.05) is 12.1 Å². The van der Waals surface area contributed by atoms with Crippen molar-refractivity contribution in [1.82, 2.24) is 0 Å². The van der Waals surface area contributed by atoms with Gasteiger partial charge >= 0.3 is 0 Å². The summed E-state index contributed by atoms with van der Waals surface area (Å²) >= 11 is 0. The molecular formula is C20H25F4N. The Kier molecular flexibility index (Phi) is 9.91. The molecule has 2 rings (SSSR count). The van der Waals surface area contributed by atoms with E-state index in [0.717, 1.165) is 12.3 Å². The van der Waals surface area contributed by atoms with E-state index in [4.69, 9.17) is 5.26 Å². The van der Waals surface area contributed by atoms with Crippen LogP contribution in [0.2, 0.25) is 0 Å². The number of halogens is 4. The molecule has 1 aromatic carbocycles. The van der Waals surface area contributed by atoms with Gasteiger partial charge < -0.3 is 0 Å². The van der Waals surface area contributed by atoms with Crippen LogP contribution >= 0.6 is 0 Å². The first-order valence-corrected chi connectivity index (χ1v) is 8.73. The summed E-state index contributed by atoms with van der Waals surface area (Å²) in [6.45, 7) is 1.96. The van der Waals surface area contributed by atoms with E-state index in [2.05, 4.69) is 19.1 Å². The molecule has 0 bridgehead atoms. The maximum absolute atomic E-state index is 12.4. The standard InChI is InChI=1S/C13H23F.C7H2F3N/c1-2-3-4-5-12-6-8-13(9-7-12)10-11-14;8-4-1-6(9)5(3-11)7(10)2-4/h2-3,12-13H,4-11H2,1H3;1-2H/b3-2+;. The van der Waals surface area contributed by atoms with E-state index < -0.39 is 23.0 Å². The van der Waals surface area contributed by atoms with Gasteiger partial charge in [-0.1, -0.05) is 37.8 Å². The molecule has 1 aromatic rings. The fourth-order valence-electron chi connectivity index (χ4n) is 3.11. The highest BCUT2D eigenvalue weighted by molar-refractivity contribution is 5.31. The third kappa shape index (κ3) is 7.72. The van der Waals surface area contributed by atoms with Crippen molar-refractivity contribution in [2.24, 2.45) is 11.8 Å². The number of hydrogen-bond acceptors (Lipinski definition) is 1. The zero-order valence-electron chi connectivity index (χ0n) is 14.6. The Morgan fingerprint density at radius 2 is 1.56 bits per heavy atom. The molecule has 0 spiro atoms. The summed E-state index contributed by atoms with van der Waals surface area (Å²) in [6, 6.07) is 2.19. The predicted octanol–water partition coefficient (Wildman–Crippen LogP) is 6.48. The lowest BCUT2D eigenvalue weighted by molar-refractivity contribution is 0.239. The molecule has 0 aliphatic heterocycles. The van der Waals surface area contributed by atoms with Crippen molar-refractivity contribution in [3.8, 4) is 6.07 Å². The van der Waals surface area contributed by atoms with Crippen LogP contribution in [0.5, 0.6) is 0 Å². The quantitative estimate of drug-likeness (QED) is 0.438. The molecule has 5 heteroatoms. The molecule has 0 N–H and O–H groups in total. The molecule has 0 radical (unpaired) electrons. The predicted molar refractivity (Wildman–Crippen MR) is 91.1 cm³/mol. The lowest BCUT2D eigenvalue weighted by atomic mass is 9.79. The smallest absolute Gasteiger partial charge is 0.146 e. The average Bonchev–Trinajstić information content (AvgIpc) is 2.57. The van der Waals surface area contributed by atoms with Crippen molar-refractivity contribution in [3.05, 3.63) is 47.3 Å². The summed E-state index contributed by atoms with van der Waals surface area (Å²) in [5.41, 5.74) is -0.758. The van der Waals surface area contributed by atoms with Crippen LogP contribution in [0.25, 0.3) is 0 Å². The van der Waals surface area contributed by atoms with E-state index in [-0.39, 0.29) is 6.67 Å². The number of hydrogen-bond donors (Lipinski definition) is 0. The molecule has 1 aliphatic carbocycles. The summed E-state index contributed by atoms with van der Waals surface area (Å²) in [7, 11) is 0. The van der Waals surface area contributed by atoms with Crippen molar-refractivity contribution in [2.75, 3.05) is 6.67 Å². The van der Waals surface area contributed by atoms with Gasteiger partial charge in [-0.15, -0.1) is 0 Å². The van der Waals surface area contributed by atoms with Gasteiger partial charge in [-0.05, 0) is 38.0 Å². The highest BCUT2D eigenvalue weighted by Crippen LogP contribution is 2.33. The first-order valence-electron chi connectivity index (χ1n) is 8.73. The SMILES string of the molecule is C/C=C/CCC1CCC(CCF)CC1.N#Cc1c(F)cc(F)cc1F. The van der Waals surface area contributed by atoms with Gasteiger partial charge in [0.15, 0.2) is 0 Å². The van der Waals surface area contributed by atoms with Crippen LogP contribution in [0.15, 0.2) is 24.3 Å². The van der Waals surface area contributed by atoms with Crippen LogP contribution in [-0.2, 0) is 0 Å². The van der Waals surface area contributed by atoms with Crippen LogP contribution in [0.3, 0.4) is 0 Å². The lowest BCUT2D eigenvalue weighted by Crippen LogP contribution is -2.14. The second-order valence-corrected chi connectivity index (χ2v) is 6.37. The van der Waals surface area contributed by atoms with Crippen molar-refractivity contribution in [3.63, 3.8) is 0 Å². The maximum Gasteiger partial charge on any atom is 0.146 e. The minimum atomic E-state index is -1.18. The highest BCUT2D eigenvalue weighted by atomic mass is 19.1. The Bertz CT molecular complexity index is 561. The normalized spacial score (nSPS) is 20.0. The van der Waals surface area contributed by atoms with Gasteiger partial charge in [0.2, 0.25) is 0 Å². The maximum atomic E-state index is 12.4. The Hall–Kier alpha value is -1.83. The van der Waals surface area contributed by atoms with E-state index in [0.29, 0.717) is 18.1 Å². The molecule has 0 atom stereocenters. The minimum absolute atomic E-state index is 0.117. The summed E-state index contributed by atoms with van der Waals surface area (Å²) < 4.78 is 49.1. The van der Waals surface area contributed by atoms with Gasteiger partial charge in [-0.3, -0.25) is 4.39 Å². The lowest BCUT2D eigenvalue weighted by Gasteiger charge is -2.27. The largest absolute Gasteiger partial charge is 0.251 e. The number of benzene rings is 1. The van der Waals surface area contributed by atoms with Gasteiger partial charge in [-0.25, -0.2) is 13.2 Å². The Morgan fingerprint density at radius 1 is 1.04 bits per heavy atom.